The predicted octanol–water partition coefficient (Wildman–Crippen LogP) is 4.05. The van der Waals surface area contributed by atoms with Gasteiger partial charge in [-0.25, -0.2) is 0 Å². The molecule has 7 heteroatoms. The molecule has 2 aromatic rings. The Labute approximate surface area is 193 Å². The summed E-state index contributed by atoms with van der Waals surface area (Å²) < 4.78 is 10.7. The van der Waals surface area contributed by atoms with Gasteiger partial charge in [-0.3, -0.25) is 14.5 Å². The van der Waals surface area contributed by atoms with Crippen molar-refractivity contribution in [2.24, 2.45) is 0 Å². The number of nitrogens with zero attached hydrogens (tertiary/aromatic N) is 3. The second-order valence-electron chi connectivity index (χ2n) is 7.82. The van der Waals surface area contributed by atoms with Crippen molar-refractivity contribution in [2.45, 2.75) is 27.3 Å². The van der Waals surface area contributed by atoms with E-state index in [1.165, 1.54) is 0 Å². The maximum atomic E-state index is 13.3. The summed E-state index contributed by atoms with van der Waals surface area (Å²) in [6, 6.07) is 15.1. The standard InChI is InChI=1S/C26H25N3O4/c1-4-28(5-2)20-9-6-18(7-10-20)12-21-17(3)22(14-27)26(31)29(25(21)30)15-19-8-11-23-24(13-19)33-16-32-23/h6-13H,4-5,15-16H2,1-3H3/b21-12+. The minimum absolute atomic E-state index is 0.0265. The maximum absolute atomic E-state index is 13.3. The van der Waals surface area contributed by atoms with E-state index in [0.29, 0.717) is 28.2 Å². The molecule has 168 valence electrons. The molecule has 0 fully saturated rings. The van der Waals surface area contributed by atoms with Gasteiger partial charge in [-0.1, -0.05) is 18.2 Å². The minimum Gasteiger partial charge on any atom is -0.454 e. The zero-order valence-corrected chi connectivity index (χ0v) is 18.9. The van der Waals surface area contributed by atoms with Crippen LogP contribution in [0.25, 0.3) is 6.08 Å². The van der Waals surface area contributed by atoms with Gasteiger partial charge in [-0.15, -0.1) is 0 Å². The lowest BCUT2D eigenvalue weighted by atomic mass is 9.93. The van der Waals surface area contributed by atoms with Crippen molar-refractivity contribution in [1.82, 2.24) is 4.90 Å². The Bertz CT molecular complexity index is 1200. The molecule has 0 unspecified atom stereocenters. The summed E-state index contributed by atoms with van der Waals surface area (Å²) >= 11 is 0. The highest BCUT2D eigenvalue weighted by Crippen LogP contribution is 2.34. The molecule has 0 aromatic heterocycles. The lowest BCUT2D eigenvalue weighted by Gasteiger charge is -2.27. The second kappa shape index (κ2) is 9.21. The fourth-order valence-electron chi connectivity index (χ4n) is 4.03. The van der Waals surface area contributed by atoms with Crippen LogP contribution in [-0.2, 0) is 16.1 Å². The van der Waals surface area contributed by atoms with Crippen LogP contribution in [0.2, 0.25) is 0 Å². The van der Waals surface area contributed by atoms with Crippen LogP contribution in [-0.4, -0.2) is 36.6 Å². The summed E-state index contributed by atoms with van der Waals surface area (Å²) in [5.74, 6) is 0.173. The molecule has 2 aliphatic rings. The van der Waals surface area contributed by atoms with Gasteiger partial charge in [0.15, 0.2) is 11.5 Å². The summed E-state index contributed by atoms with van der Waals surface area (Å²) in [6.45, 7) is 7.82. The van der Waals surface area contributed by atoms with E-state index >= 15 is 0 Å². The van der Waals surface area contributed by atoms with Gasteiger partial charge in [0.05, 0.1) is 6.54 Å². The first-order valence-corrected chi connectivity index (χ1v) is 10.9. The topological polar surface area (TPSA) is 82.9 Å². The van der Waals surface area contributed by atoms with Crippen molar-refractivity contribution in [3.8, 4) is 17.6 Å². The quantitative estimate of drug-likeness (QED) is 0.495. The molecule has 0 atom stereocenters. The number of hydrogen-bond acceptors (Lipinski definition) is 6. The van der Waals surface area contributed by atoms with Gasteiger partial charge >= 0.3 is 0 Å². The molecule has 0 aliphatic carbocycles. The number of fused-ring (bicyclic) bond motifs is 1. The van der Waals surface area contributed by atoms with Crippen LogP contribution in [0.4, 0.5) is 5.69 Å². The number of amides is 2. The number of rotatable bonds is 6. The van der Waals surface area contributed by atoms with E-state index in [1.807, 2.05) is 30.3 Å². The summed E-state index contributed by atoms with van der Waals surface area (Å²) in [5.41, 5.74) is 3.33. The average Bonchev–Trinajstić information content (AvgIpc) is 3.29. The molecule has 0 saturated heterocycles. The fraction of sp³-hybridized carbons (Fsp3) is 0.269. The molecule has 0 radical (unpaired) electrons. The van der Waals surface area contributed by atoms with Gasteiger partial charge < -0.3 is 14.4 Å². The van der Waals surface area contributed by atoms with Crippen molar-refractivity contribution >= 4 is 23.6 Å². The molecule has 33 heavy (non-hydrogen) atoms. The molecule has 0 saturated carbocycles. The van der Waals surface area contributed by atoms with Crippen LogP contribution in [0.5, 0.6) is 11.5 Å². The molecule has 0 N–H and O–H groups in total. The highest BCUT2D eigenvalue weighted by molar-refractivity contribution is 6.19. The van der Waals surface area contributed by atoms with Crippen molar-refractivity contribution < 1.29 is 19.1 Å². The molecule has 2 amide bonds. The van der Waals surface area contributed by atoms with E-state index in [1.54, 1.807) is 31.2 Å². The van der Waals surface area contributed by atoms with E-state index in [0.717, 1.165) is 29.2 Å². The Morgan fingerprint density at radius 2 is 1.73 bits per heavy atom. The van der Waals surface area contributed by atoms with E-state index < -0.39 is 11.8 Å². The summed E-state index contributed by atoms with van der Waals surface area (Å²) in [5, 5.41) is 9.63. The molecule has 2 heterocycles. The van der Waals surface area contributed by atoms with Crippen molar-refractivity contribution in [1.29, 1.82) is 5.26 Å². The third-order valence-corrected chi connectivity index (χ3v) is 5.94. The summed E-state index contributed by atoms with van der Waals surface area (Å²) in [6.07, 6.45) is 1.74. The van der Waals surface area contributed by atoms with Gasteiger partial charge in [0, 0.05) is 24.4 Å². The Morgan fingerprint density at radius 1 is 1.03 bits per heavy atom. The van der Waals surface area contributed by atoms with Crippen LogP contribution >= 0.6 is 0 Å². The van der Waals surface area contributed by atoms with E-state index in [9.17, 15) is 14.9 Å². The normalized spacial score (nSPS) is 16.4. The Balaban J connectivity index is 1.66. The van der Waals surface area contributed by atoms with Gasteiger partial charge in [-0.05, 0) is 67.8 Å². The second-order valence-corrected chi connectivity index (χ2v) is 7.82. The van der Waals surface area contributed by atoms with Gasteiger partial charge in [-0.2, -0.15) is 5.26 Å². The number of carbonyl (C=O) groups is 2. The van der Waals surface area contributed by atoms with Crippen molar-refractivity contribution in [2.75, 3.05) is 24.8 Å². The van der Waals surface area contributed by atoms with Crippen LogP contribution in [0.1, 0.15) is 31.9 Å². The average molecular weight is 444 g/mol. The Hall–Kier alpha value is -4.05. The van der Waals surface area contributed by atoms with Crippen LogP contribution in [0.3, 0.4) is 0 Å². The first-order valence-electron chi connectivity index (χ1n) is 10.9. The van der Waals surface area contributed by atoms with Crippen LogP contribution < -0.4 is 14.4 Å². The van der Waals surface area contributed by atoms with E-state index in [-0.39, 0.29) is 18.9 Å². The largest absolute Gasteiger partial charge is 0.454 e. The monoisotopic (exact) mass is 443 g/mol. The smallest absolute Gasteiger partial charge is 0.271 e. The van der Waals surface area contributed by atoms with Crippen molar-refractivity contribution in [3.63, 3.8) is 0 Å². The number of nitriles is 1. The number of anilines is 1. The minimum atomic E-state index is -0.591. The molecule has 4 rings (SSSR count). The third-order valence-electron chi connectivity index (χ3n) is 5.94. The lowest BCUT2D eigenvalue weighted by molar-refractivity contribution is -0.141. The van der Waals surface area contributed by atoms with Crippen molar-refractivity contribution in [3.05, 3.63) is 70.3 Å². The fourth-order valence-corrected chi connectivity index (χ4v) is 4.03. The predicted molar refractivity (Wildman–Crippen MR) is 124 cm³/mol. The molecule has 0 bridgehead atoms. The summed E-state index contributed by atoms with van der Waals surface area (Å²) in [7, 11) is 0. The van der Waals surface area contributed by atoms with E-state index in [4.69, 9.17) is 9.47 Å². The number of imide groups is 1. The zero-order chi connectivity index (χ0) is 23.5. The molecule has 0 spiro atoms. The van der Waals surface area contributed by atoms with Gasteiger partial charge in [0.2, 0.25) is 6.79 Å². The molecule has 2 aliphatic heterocycles. The van der Waals surface area contributed by atoms with Crippen LogP contribution in [0.15, 0.2) is 59.2 Å². The Kier molecular flexibility index (Phi) is 6.18. The highest BCUT2D eigenvalue weighted by Gasteiger charge is 2.35. The number of carbonyl (C=O) groups excluding carboxylic acids is 2. The maximum Gasteiger partial charge on any atom is 0.271 e. The first-order chi connectivity index (χ1) is 16.0. The number of ether oxygens (including phenoxy) is 2. The van der Waals surface area contributed by atoms with Crippen LogP contribution in [0, 0.1) is 11.3 Å². The number of hydrogen-bond donors (Lipinski definition) is 0. The third kappa shape index (κ3) is 4.20. The van der Waals surface area contributed by atoms with E-state index in [2.05, 4.69) is 18.7 Å². The first kappa shape index (κ1) is 22.2. The molecular weight excluding hydrogens is 418 g/mol. The molecular formula is C26H25N3O4. The molecule has 2 aromatic carbocycles. The number of benzene rings is 2. The lowest BCUT2D eigenvalue weighted by Crippen LogP contribution is -2.42. The van der Waals surface area contributed by atoms with Gasteiger partial charge in [0.25, 0.3) is 11.8 Å². The van der Waals surface area contributed by atoms with Gasteiger partial charge in [0.1, 0.15) is 11.6 Å². The SMILES string of the molecule is CCN(CC)c1ccc(/C=C2/C(=O)N(Cc3ccc4c(c3)OCO4)C(=O)C(C#N)=C2C)cc1. The Morgan fingerprint density at radius 3 is 2.39 bits per heavy atom. The summed E-state index contributed by atoms with van der Waals surface area (Å²) in [4.78, 5) is 29.6. The highest BCUT2D eigenvalue weighted by atomic mass is 16.7. The zero-order valence-electron chi connectivity index (χ0n) is 18.9. The molecule has 7 nitrogen and oxygen atoms in total.